The molecule has 2 heterocycles. The maximum Gasteiger partial charge on any atom is 0.280 e. The Balaban J connectivity index is 1.75. The standard InChI is InChI=1S/C17H16ClN3O2S2/c1-3-12-8-14-16(25-12)19-9-21(17(14)23)20-15(22)10(2)24-13-6-4-11(18)5-7-13/h4-10H,3H2,1-2H3,(H,20,22)/t10-/m0/s1. The Bertz CT molecular complexity index is 966. The summed E-state index contributed by atoms with van der Waals surface area (Å²) in [7, 11) is 0. The number of rotatable bonds is 5. The first kappa shape index (κ1) is 18.0. The summed E-state index contributed by atoms with van der Waals surface area (Å²) in [6.45, 7) is 3.81. The second-order valence-electron chi connectivity index (χ2n) is 5.39. The number of thioether (sulfide) groups is 1. The molecule has 0 unspecified atom stereocenters. The summed E-state index contributed by atoms with van der Waals surface area (Å²) < 4.78 is 1.15. The first-order chi connectivity index (χ1) is 12.0. The zero-order chi connectivity index (χ0) is 18.0. The van der Waals surface area contributed by atoms with Crippen molar-refractivity contribution in [2.45, 2.75) is 30.4 Å². The van der Waals surface area contributed by atoms with Crippen molar-refractivity contribution in [1.82, 2.24) is 9.66 Å². The SMILES string of the molecule is CCc1cc2c(=O)n(NC(=O)[C@H](C)Sc3ccc(Cl)cc3)cnc2s1. The highest BCUT2D eigenvalue weighted by atomic mass is 35.5. The van der Waals surface area contributed by atoms with Gasteiger partial charge in [0.15, 0.2) is 0 Å². The maximum absolute atomic E-state index is 12.5. The van der Waals surface area contributed by atoms with Gasteiger partial charge in [-0.25, -0.2) is 9.66 Å². The van der Waals surface area contributed by atoms with Gasteiger partial charge >= 0.3 is 0 Å². The molecule has 1 amide bonds. The number of halogens is 1. The molecule has 0 aliphatic carbocycles. The van der Waals surface area contributed by atoms with Crippen molar-refractivity contribution in [3.8, 4) is 0 Å². The van der Waals surface area contributed by atoms with Gasteiger partial charge in [-0.05, 0) is 43.7 Å². The van der Waals surface area contributed by atoms with Crippen molar-refractivity contribution >= 4 is 50.8 Å². The topological polar surface area (TPSA) is 64.0 Å². The molecule has 0 saturated heterocycles. The minimum absolute atomic E-state index is 0.266. The van der Waals surface area contributed by atoms with Crippen molar-refractivity contribution < 1.29 is 4.79 Å². The van der Waals surface area contributed by atoms with E-state index in [-0.39, 0.29) is 16.7 Å². The summed E-state index contributed by atoms with van der Waals surface area (Å²) >= 11 is 8.75. The Hall–Kier alpha value is -1.83. The monoisotopic (exact) mass is 393 g/mol. The molecule has 0 spiro atoms. The highest BCUT2D eigenvalue weighted by Gasteiger charge is 2.16. The minimum Gasteiger partial charge on any atom is -0.272 e. The molecule has 0 aliphatic heterocycles. The first-order valence-corrected chi connectivity index (χ1v) is 9.78. The van der Waals surface area contributed by atoms with Crippen LogP contribution in [-0.2, 0) is 11.2 Å². The van der Waals surface area contributed by atoms with Gasteiger partial charge in [0.05, 0.1) is 10.6 Å². The van der Waals surface area contributed by atoms with Crippen LogP contribution in [-0.4, -0.2) is 20.8 Å². The molecule has 0 fully saturated rings. The van der Waals surface area contributed by atoms with Crippen LogP contribution in [0.5, 0.6) is 0 Å². The second kappa shape index (κ2) is 7.59. The maximum atomic E-state index is 12.5. The Labute approximate surface area is 158 Å². The van der Waals surface area contributed by atoms with E-state index in [1.165, 1.54) is 29.4 Å². The third kappa shape index (κ3) is 4.05. The summed E-state index contributed by atoms with van der Waals surface area (Å²) in [5.74, 6) is -0.269. The quantitative estimate of drug-likeness (QED) is 0.667. The predicted molar refractivity (Wildman–Crippen MR) is 104 cm³/mol. The number of benzene rings is 1. The Morgan fingerprint density at radius 3 is 2.80 bits per heavy atom. The number of hydrogen-bond acceptors (Lipinski definition) is 5. The summed E-state index contributed by atoms with van der Waals surface area (Å²) in [6, 6.07) is 9.10. The zero-order valence-corrected chi connectivity index (χ0v) is 16.0. The van der Waals surface area contributed by atoms with Crippen molar-refractivity contribution in [2.75, 3.05) is 5.43 Å². The number of aryl methyl sites for hydroxylation is 1. The predicted octanol–water partition coefficient (Wildman–Crippen LogP) is 3.92. The van der Waals surface area contributed by atoms with Crippen LogP contribution in [0.4, 0.5) is 0 Å². The number of fused-ring (bicyclic) bond motifs is 1. The van der Waals surface area contributed by atoms with E-state index in [1.807, 2.05) is 25.1 Å². The fourth-order valence-electron chi connectivity index (χ4n) is 2.21. The summed E-state index contributed by atoms with van der Waals surface area (Å²) in [6.07, 6.45) is 2.21. The van der Waals surface area contributed by atoms with Gasteiger partial charge in [0.1, 0.15) is 11.2 Å². The van der Waals surface area contributed by atoms with Crippen LogP contribution >= 0.6 is 34.7 Å². The number of nitrogens with one attached hydrogen (secondary N) is 1. The van der Waals surface area contributed by atoms with E-state index >= 15 is 0 Å². The molecule has 130 valence electrons. The normalized spacial score (nSPS) is 12.3. The van der Waals surface area contributed by atoms with Crippen LogP contribution in [0.1, 0.15) is 18.7 Å². The average molecular weight is 394 g/mol. The molecule has 1 N–H and O–H groups in total. The van der Waals surface area contributed by atoms with E-state index in [0.717, 1.165) is 20.9 Å². The molecule has 0 saturated carbocycles. The molecule has 2 aromatic heterocycles. The zero-order valence-electron chi connectivity index (χ0n) is 13.7. The van der Waals surface area contributed by atoms with Crippen LogP contribution in [0.3, 0.4) is 0 Å². The first-order valence-electron chi connectivity index (χ1n) is 7.71. The van der Waals surface area contributed by atoms with Gasteiger partial charge in [-0.15, -0.1) is 23.1 Å². The molecule has 1 atom stereocenters. The van der Waals surface area contributed by atoms with Crippen molar-refractivity contribution in [3.63, 3.8) is 0 Å². The fourth-order valence-corrected chi connectivity index (χ4v) is 4.12. The highest BCUT2D eigenvalue weighted by molar-refractivity contribution is 8.00. The Morgan fingerprint density at radius 2 is 2.12 bits per heavy atom. The lowest BCUT2D eigenvalue weighted by atomic mass is 10.3. The van der Waals surface area contributed by atoms with Gasteiger partial charge in [0.25, 0.3) is 11.5 Å². The molecule has 3 aromatic rings. The largest absolute Gasteiger partial charge is 0.280 e. The number of hydrogen-bond donors (Lipinski definition) is 1. The third-order valence-corrected chi connectivity index (χ3v) is 6.13. The number of aromatic nitrogens is 2. The van der Waals surface area contributed by atoms with Crippen LogP contribution in [0.15, 0.2) is 46.3 Å². The lowest BCUT2D eigenvalue weighted by Crippen LogP contribution is -2.36. The lowest BCUT2D eigenvalue weighted by molar-refractivity contribution is -0.116. The summed E-state index contributed by atoms with van der Waals surface area (Å²) in [5, 5.41) is 0.801. The summed E-state index contributed by atoms with van der Waals surface area (Å²) in [4.78, 5) is 31.9. The molecule has 3 rings (SSSR count). The van der Waals surface area contributed by atoms with E-state index < -0.39 is 0 Å². The van der Waals surface area contributed by atoms with Crippen molar-refractivity contribution in [2.24, 2.45) is 0 Å². The van der Waals surface area contributed by atoms with Gasteiger partial charge in [-0.1, -0.05) is 18.5 Å². The van der Waals surface area contributed by atoms with Gasteiger partial charge in [-0.3, -0.25) is 15.0 Å². The van der Waals surface area contributed by atoms with Crippen LogP contribution in [0, 0.1) is 0 Å². The molecule has 25 heavy (non-hydrogen) atoms. The van der Waals surface area contributed by atoms with E-state index in [1.54, 1.807) is 19.1 Å². The highest BCUT2D eigenvalue weighted by Crippen LogP contribution is 2.25. The van der Waals surface area contributed by atoms with E-state index in [2.05, 4.69) is 10.4 Å². The summed E-state index contributed by atoms with van der Waals surface area (Å²) in [5.41, 5.74) is 2.36. The number of amides is 1. The van der Waals surface area contributed by atoms with Crippen molar-refractivity contribution in [3.05, 3.63) is 56.9 Å². The second-order valence-corrected chi connectivity index (χ2v) is 8.36. The van der Waals surface area contributed by atoms with Gasteiger partial charge in [0, 0.05) is 14.8 Å². The third-order valence-electron chi connectivity index (χ3n) is 3.58. The van der Waals surface area contributed by atoms with E-state index in [4.69, 9.17) is 11.6 Å². The molecule has 5 nitrogen and oxygen atoms in total. The van der Waals surface area contributed by atoms with E-state index in [0.29, 0.717) is 15.2 Å². The Kier molecular flexibility index (Phi) is 5.46. The van der Waals surface area contributed by atoms with Crippen LogP contribution in [0.2, 0.25) is 5.02 Å². The average Bonchev–Trinajstić information content (AvgIpc) is 3.03. The molecular weight excluding hydrogens is 378 g/mol. The fraction of sp³-hybridized carbons (Fsp3) is 0.235. The van der Waals surface area contributed by atoms with E-state index in [9.17, 15) is 9.59 Å². The van der Waals surface area contributed by atoms with Crippen LogP contribution in [0.25, 0.3) is 10.2 Å². The number of carbonyl (C=O) groups excluding carboxylic acids is 1. The smallest absolute Gasteiger partial charge is 0.272 e. The molecule has 1 aromatic carbocycles. The Morgan fingerprint density at radius 1 is 1.40 bits per heavy atom. The van der Waals surface area contributed by atoms with Crippen molar-refractivity contribution in [1.29, 1.82) is 0 Å². The minimum atomic E-state index is -0.377. The molecule has 0 aliphatic rings. The number of thiophene rings is 1. The molecule has 0 bridgehead atoms. The van der Waals surface area contributed by atoms with Gasteiger partial charge < -0.3 is 0 Å². The number of carbonyl (C=O) groups is 1. The van der Waals surface area contributed by atoms with Crippen LogP contribution < -0.4 is 11.0 Å². The van der Waals surface area contributed by atoms with Gasteiger partial charge in [-0.2, -0.15) is 0 Å². The molecular formula is C17H16ClN3O2S2. The molecule has 8 heteroatoms. The lowest BCUT2D eigenvalue weighted by Gasteiger charge is -2.13. The number of nitrogens with zero attached hydrogens (tertiary/aromatic N) is 2. The van der Waals surface area contributed by atoms with Gasteiger partial charge in [0.2, 0.25) is 0 Å². The molecule has 0 radical (unpaired) electrons.